The van der Waals surface area contributed by atoms with Gasteiger partial charge in [-0.15, -0.1) is 0 Å². The van der Waals surface area contributed by atoms with Crippen LogP contribution >= 0.6 is 0 Å². The van der Waals surface area contributed by atoms with E-state index in [1.54, 1.807) is 6.07 Å². The van der Waals surface area contributed by atoms with E-state index in [1.165, 1.54) is 6.07 Å². The number of carboxylic acid groups (broad SMARTS) is 1. The second-order valence-electron chi connectivity index (χ2n) is 4.77. The zero-order chi connectivity index (χ0) is 13.1. The van der Waals surface area contributed by atoms with Crippen LogP contribution in [-0.4, -0.2) is 46.3 Å². The Morgan fingerprint density at radius 1 is 1.44 bits per heavy atom. The molecule has 0 aromatic carbocycles. The second-order valence-corrected chi connectivity index (χ2v) is 4.77. The number of ether oxygens (including phenoxy) is 1. The van der Waals surface area contributed by atoms with Gasteiger partial charge in [0.25, 0.3) is 0 Å². The summed E-state index contributed by atoms with van der Waals surface area (Å²) in [6.07, 6.45) is 0.410. The highest BCUT2D eigenvalue weighted by Gasteiger charge is 2.22. The molecule has 5 nitrogen and oxygen atoms in total. The number of carbonyl (C=O) groups is 1. The van der Waals surface area contributed by atoms with E-state index in [0.29, 0.717) is 6.54 Å². The van der Waals surface area contributed by atoms with Crippen molar-refractivity contribution in [1.82, 2.24) is 9.88 Å². The summed E-state index contributed by atoms with van der Waals surface area (Å²) in [5.74, 6) is -0.986. The van der Waals surface area contributed by atoms with Gasteiger partial charge in [-0.25, -0.2) is 9.78 Å². The Morgan fingerprint density at radius 3 is 2.72 bits per heavy atom. The van der Waals surface area contributed by atoms with Gasteiger partial charge in [0.05, 0.1) is 17.9 Å². The molecule has 1 fully saturated rings. The molecule has 1 aliphatic rings. The maximum absolute atomic E-state index is 10.9. The highest BCUT2D eigenvalue weighted by Crippen LogP contribution is 2.13. The molecule has 1 aromatic rings. The Morgan fingerprint density at radius 2 is 2.11 bits per heavy atom. The van der Waals surface area contributed by atoms with Gasteiger partial charge in [-0.05, 0) is 26.0 Å². The summed E-state index contributed by atoms with van der Waals surface area (Å²) in [6, 6.07) is 5.10. The lowest BCUT2D eigenvalue weighted by Gasteiger charge is -2.35. The van der Waals surface area contributed by atoms with Crippen molar-refractivity contribution in [2.45, 2.75) is 32.6 Å². The number of pyridine rings is 1. The third kappa shape index (κ3) is 3.27. The molecule has 2 atom stereocenters. The zero-order valence-electron chi connectivity index (χ0n) is 10.7. The van der Waals surface area contributed by atoms with Crippen LogP contribution in [0, 0.1) is 0 Å². The molecule has 2 heterocycles. The summed E-state index contributed by atoms with van der Waals surface area (Å²) >= 11 is 0. The Kier molecular flexibility index (Phi) is 3.93. The van der Waals surface area contributed by atoms with Gasteiger partial charge in [-0.2, -0.15) is 0 Å². The molecule has 0 amide bonds. The van der Waals surface area contributed by atoms with Gasteiger partial charge in [0, 0.05) is 19.6 Å². The summed E-state index contributed by atoms with van der Waals surface area (Å²) in [7, 11) is 0. The fourth-order valence-corrected chi connectivity index (χ4v) is 2.33. The van der Waals surface area contributed by atoms with Crippen LogP contribution in [0.5, 0.6) is 0 Å². The molecule has 5 heteroatoms. The van der Waals surface area contributed by atoms with E-state index in [9.17, 15) is 4.79 Å². The van der Waals surface area contributed by atoms with Crippen LogP contribution in [0.25, 0.3) is 0 Å². The number of hydrogen-bond acceptors (Lipinski definition) is 4. The van der Waals surface area contributed by atoms with Gasteiger partial charge in [0.2, 0.25) is 0 Å². The third-order valence-corrected chi connectivity index (χ3v) is 2.91. The van der Waals surface area contributed by atoms with Crippen LogP contribution < -0.4 is 0 Å². The molecule has 0 unspecified atom stereocenters. The summed E-state index contributed by atoms with van der Waals surface area (Å²) < 4.78 is 5.66. The Hall–Kier alpha value is -1.46. The average molecular weight is 250 g/mol. The predicted molar refractivity (Wildman–Crippen MR) is 66.5 cm³/mol. The quantitative estimate of drug-likeness (QED) is 0.878. The molecular weight excluding hydrogens is 232 g/mol. The highest BCUT2D eigenvalue weighted by atomic mass is 16.5. The minimum Gasteiger partial charge on any atom is -0.477 e. The van der Waals surface area contributed by atoms with Crippen molar-refractivity contribution >= 4 is 5.97 Å². The molecule has 1 aromatic heterocycles. The number of morpholine rings is 1. The van der Waals surface area contributed by atoms with Crippen molar-refractivity contribution in [2.24, 2.45) is 0 Å². The van der Waals surface area contributed by atoms with Crippen molar-refractivity contribution in [3.05, 3.63) is 29.6 Å². The van der Waals surface area contributed by atoms with Crippen molar-refractivity contribution in [3.8, 4) is 0 Å². The summed E-state index contributed by atoms with van der Waals surface area (Å²) in [6.45, 7) is 6.46. The molecular formula is C13H18N2O3. The first-order chi connectivity index (χ1) is 8.54. The first-order valence-electron chi connectivity index (χ1n) is 6.11. The van der Waals surface area contributed by atoms with Crippen LogP contribution in [0.3, 0.4) is 0 Å². The van der Waals surface area contributed by atoms with E-state index in [2.05, 4.69) is 9.88 Å². The first-order valence-corrected chi connectivity index (χ1v) is 6.11. The lowest BCUT2D eigenvalue weighted by molar-refractivity contribution is -0.0707. The molecule has 0 saturated carbocycles. The monoisotopic (exact) mass is 250 g/mol. The van der Waals surface area contributed by atoms with E-state index in [4.69, 9.17) is 9.84 Å². The van der Waals surface area contributed by atoms with Crippen molar-refractivity contribution in [3.63, 3.8) is 0 Å². The summed E-state index contributed by atoms with van der Waals surface area (Å²) in [5, 5.41) is 8.90. The third-order valence-electron chi connectivity index (χ3n) is 2.91. The molecule has 0 spiro atoms. The molecule has 0 radical (unpaired) electrons. The van der Waals surface area contributed by atoms with E-state index in [-0.39, 0.29) is 17.9 Å². The fourth-order valence-electron chi connectivity index (χ4n) is 2.33. The number of carboxylic acids is 1. The molecule has 1 aliphatic heterocycles. The van der Waals surface area contributed by atoms with Crippen molar-refractivity contribution in [2.75, 3.05) is 13.1 Å². The SMILES string of the molecule is C[C@@H]1CN(Cc2cccc(C(=O)O)n2)C[C@H](C)O1. The lowest BCUT2D eigenvalue weighted by Crippen LogP contribution is -2.44. The van der Waals surface area contributed by atoms with Crippen molar-refractivity contribution in [1.29, 1.82) is 0 Å². The summed E-state index contributed by atoms with van der Waals surface area (Å²) in [5.41, 5.74) is 0.887. The van der Waals surface area contributed by atoms with Gasteiger partial charge in [-0.1, -0.05) is 6.07 Å². The van der Waals surface area contributed by atoms with Crippen LogP contribution in [0.4, 0.5) is 0 Å². The van der Waals surface area contributed by atoms with Crippen LogP contribution in [0.2, 0.25) is 0 Å². The number of rotatable bonds is 3. The maximum atomic E-state index is 10.9. The Balaban J connectivity index is 2.04. The Labute approximate surface area is 106 Å². The first kappa shape index (κ1) is 13.0. The largest absolute Gasteiger partial charge is 0.477 e. The van der Waals surface area contributed by atoms with E-state index >= 15 is 0 Å². The van der Waals surface area contributed by atoms with Crippen LogP contribution in [0.15, 0.2) is 18.2 Å². The normalized spacial score (nSPS) is 25.0. The number of aromatic nitrogens is 1. The van der Waals surface area contributed by atoms with Gasteiger partial charge in [0.15, 0.2) is 0 Å². The number of nitrogens with zero attached hydrogens (tertiary/aromatic N) is 2. The molecule has 2 rings (SSSR count). The lowest BCUT2D eigenvalue weighted by atomic mass is 10.2. The zero-order valence-corrected chi connectivity index (χ0v) is 10.7. The fraction of sp³-hybridized carbons (Fsp3) is 0.538. The second kappa shape index (κ2) is 5.46. The number of aromatic carboxylic acids is 1. The standard InChI is InChI=1S/C13H18N2O3/c1-9-6-15(7-10(2)18-9)8-11-4-3-5-12(14-11)13(16)17/h3-5,9-10H,6-8H2,1-2H3,(H,16,17)/t9-,10+. The van der Waals surface area contributed by atoms with E-state index in [0.717, 1.165) is 18.8 Å². The predicted octanol–water partition coefficient (Wildman–Crippen LogP) is 1.39. The van der Waals surface area contributed by atoms with Gasteiger partial charge in [0.1, 0.15) is 5.69 Å². The van der Waals surface area contributed by atoms with E-state index < -0.39 is 5.97 Å². The Bertz CT molecular complexity index is 426. The van der Waals surface area contributed by atoms with Gasteiger partial charge in [-0.3, -0.25) is 4.90 Å². The van der Waals surface area contributed by atoms with E-state index in [1.807, 2.05) is 19.9 Å². The average Bonchev–Trinajstić information content (AvgIpc) is 2.27. The maximum Gasteiger partial charge on any atom is 0.354 e. The molecule has 1 saturated heterocycles. The molecule has 98 valence electrons. The molecule has 18 heavy (non-hydrogen) atoms. The van der Waals surface area contributed by atoms with Crippen LogP contribution in [0.1, 0.15) is 30.0 Å². The molecule has 1 N–H and O–H groups in total. The number of hydrogen-bond donors (Lipinski definition) is 1. The molecule has 0 bridgehead atoms. The topological polar surface area (TPSA) is 62.7 Å². The van der Waals surface area contributed by atoms with Crippen molar-refractivity contribution < 1.29 is 14.6 Å². The summed E-state index contributed by atoms with van der Waals surface area (Å²) in [4.78, 5) is 17.2. The smallest absolute Gasteiger partial charge is 0.354 e. The van der Waals surface area contributed by atoms with Gasteiger partial charge < -0.3 is 9.84 Å². The molecule has 0 aliphatic carbocycles. The minimum absolute atomic E-state index is 0.0989. The van der Waals surface area contributed by atoms with Gasteiger partial charge >= 0.3 is 5.97 Å². The highest BCUT2D eigenvalue weighted by molar-refractivity contribution is 5.85. The minimum atomic E-state index is -0.986. The van der Waals surface area contributed by atoms with Crippen LogP contribution in [-0.2, 0) is 11.3 Å².